The lowest BCUT2D eigenvalue weighted by molar-refractivity contribution is 0.266. The number of ether oxygens (including phenoxy) is 1. The van der Waals surface area contributed by atoms with Gasteiger partial charge in [0.25, 0.3) is 0 Å². The summed E-state index contributed by atoms with van der Waals surface area (Å²) in [5.74, 6) is 0.427. The maximum atomic E-state index is 11.9. The number of aromatic hydroxyl groups is 1. The van der Waals surface area contributed by atoms with E-state index in [1.165, 1.54) is 6.07 Å². The Bertz CT molecular complexity index is 738. The summed E-state index contributed by atoms with van der Waals surface area (Å²) in [7, 11) is 5.29. The zero-order chi connectivity index (χ0) is 17.0. The van der Waals surface area contributed by atoms with Gasteiger partial charge in [0.05, 0.1) is 26.0 Å². The minimum absolute atomic E-state index is 0.286. The van der Waals surface area contributed by atoms with Crippen LogP contribution in [0, 0.1) is 0 Å². The molecule has 2 rings (SSSR count). The summed E-state index contributed by atoms with van der Waals surface area (Å²) in [4.78, 5) is 13.8. The van der Waals surface area contributed by atoms with Gasteiger partial charge in [-0.25, -0.2) is 0 Å². The number of hydrogen-bond donors (Lipinski definition) is 2. The molecule has 0 saturated heterocycles. The van der Waals surface area contributed by atoms with Crippen molar-refractivity contribution in [3.63, 3.8) is 0 Å². The number of aliphatic hydroxyl groups excluding tert-OH is 1. The molecule has 0 bridgehead atoms. The smallest absolute Gasteiger partial charge is 0.223 e. The lowest BCUT2D eigenvalue weighted by Gasteiger charge is -2.22. The molecule has 0 atom stereocenters. The van der Waals surface area contributed by atoms with Gasteiger partial charge >= 0.3 is 0 Å². The largest absolute Gasteiger partial charge is 0.503 e. The number of hydrogen-bond acceptors (Lipinski definition) is 5. The van der Waals surface area contributed by atoms with Crippen LogP contribution in [0.25, 0.3) is 0 Å². The van der Waals surface area contributed by atoms with Crippen LogP contribution in [0.2, 0.25) is 0 Å². The van der Waals surface area contributed by atoms with E-state index in [0.717, 1.165) is 5.56 Å². The Morgan fingerprint density at radius 3 is 2.57 bits per heavy atom. The minimum atomic E-state index is -0.484. The van der Waals surface area contributed by atoms with Gasteiger partial charge in [-0.3, -0.25) is 4.79 Å². The molecule has 0 radical (unpaired) electrons. The first-order valence-corrected chi connectivity index (χ1v) is 7.30. The lowest BCUT2D eigenvalue weighted by atomic mass is 10.1. The first kappa shape index (κ1) is 17.1. The molecule has 1 aromatic carbocycles. The zero-order valence-electron chi connectivity index (χ0n) is 13.6. The van der Waals surface area contributed by atoms with Crippen molar-refractivity contribution in [3.8, 4) is 11.5 Å². The number of nitrogens with zero attached hydrogens (tertiary/aromatic N) is 2. The van der Waals surface area contributed by atoms with Gasteiger partial charge in [-0.2, -0.15) is 0 Å². The first-order chi connectivity index (χ1) is 11.0. The van der Waals surface area contributed by atoms with Crippen LogP contribution in [0.15, 0.2) is 35.1 Å². The molecule has 0 saturated carbocycles. The predicted octanol–water partition coefficient (Wildman–Crippen LogP) is 1.16. The summed E-state index contributed by atoms with van der Waals surface area (Å²) in [5.41, 5.74) is 1.34. The van der Waals surface area contributed by atoms with E-state index in [-0.39, 0.29) is 12.4 Å². The summed E-state index contributed by atoms with van der Waals surface area (Å²) in [5, 5.41) is 19.8. The Morgan fingerprint density at radius 2 is 1.96 bits per heavy atom. The summed E-state index contributed by atoms with van der Waals surface area (Å²) in [6.45, 7) is 0.478. The SMILES string of the molecule is COc1ccccc1Cn1c(CO)cc(=O)c(O)c1CN(C)C. The van der Waals surface area contributed by atoms with E-state index in [2.05, 4.69) is 0 Å². The fourth-order valence-corrected chi connectivity index (χ4v) is 2.53. The molecule has 6 nitrogen and oxygen atoms in total. The molecule has 0 amide bonds. The molecule has 0 unspecified atom stereocenters. The van der Waals surface area contributed by atoms with E-state index in [1.807, 2.05) is 43.3 Å². The molecule has 1 heterocycles. The quantitative estimate of drug-likeness (QED) is 0.836. The van der Waals surface area contributed by atoms with Gasteiger partial charge < -0.3 is 24.4 Å². The zero-order valence-corrected chi connectivity index (χ0v) is 13.6. The van der Waals surface area contributed by atoms with Gasteiger partial charge in [-0.05, 0) is 20.2 Å². The molecule has 2 aromatic rings. The van der Waals surface area contributed by atoms with E-state index >= 15 is 0 Å². The highest BCUT2D eigenvalue weighted by Crippen LogP contribution is 2.23. The van der Waals surface area contributed by atoms with Crippen LogP contribution >= 0.6 is 0 Å². The van der Waals surface area contributed by atoms with Crippen LogP contribution < -0.4 is 10.2 Å². The number of pyridine rings is 1. The second-order valence-corrected chi connectivity index (χ2v) is 5.59. The second-order valence-electron chi connectivity index (χ2n) is 5.59. The molecule has 6 heteroatoms. The standard InChI is InChI=1S/C17H22N2O4/c1-18(2)10-14-17(22)15(21)8-13(11-20)19(14)9-12-6-4-5-7-16(12)23-3/h4-8,20,22H,9-11H2,1-3H3. The monoisotopic (exact) mass is 318 g/mol. The van der Waals surface area contributed by atoms with Crippen molar-refractivity contribution in [3.05, 3.63) is 57.5 Å². The van der Waals surface area contributed by atoms with E-state index in [0.29, 0.717) is 30.2 Å². The van der Waals surface area contributed by atoms with Gasteiger partial charge in [0.15, 0.2) is 5.75 Å². The molecular weight excluding hydrogens is 296 g/mol. The number of aliphatic hydroxyl groups is 1. The Kier molecular flexibility index (Phi) is 5.41. The highest BCUT2D eigenvalue weighted by molar-refractivity contribution is 5.36. The number of para-hydroxylation sites is 1. The maximum absolute atomic E-state index is 11.9. The highest BCUT2D eigenvalue weighted by atomic mass is 16.5. The molecule has 0 aliphatic heterocycles. The third-order valence-electron chi connectivity index (χ3n) is 3.63. The van der Waals surface area contributed by atoms with Crippen LogP contribution in [0.3, 0.4) is 0 Å². The normalized spacial score (nSPS) is 11.0. The Hall–Kier alpha value is -2.31. The minimum Gasteiger partial charge on any atom is -0.503 e. The molecule has 0 fully saturated rings. The van der Waals surface area contributed by atoms with Crippen molar-refractivity contribution in [1.29, 1.82) is 0 Å². The highest BCUT2D eigenvalue weighted by Gasteiger charge is 2.16. The van der Waals surface area contributed by atoms with Crippen LogP contribution in [0.1, 0.15) is 17.0 Å². The maximum Gasteiger partial charge on any atom is 0.223 e. The summed E-state index contributed by atoms with van der Waals surface area (Å²) >= 11 is 0. The third kappa shape index (κ3) is 3.72. The molecule has 2 N–H and O–H groups in total. The van der Waals surface area contributed by atoms with Crippen LogP contribution in [0.5, 0.6) is 11.5 Å². The average Bonchev–Trinajstić information content (AvgIpc) is 2.54. The first-order valence-electron chi connectivity index (χ1n) is 7.30. The van der Waals surface area contributed by atoms with E-state index in [4.69, 9.17) is 4.74 Å². The van der Waals surface area contributed by atoms with Crippen LogP contribution in [-0.4, -0.2) is 40.9 Å². The Morgan fingerprint density at radius 1 is 1.26 bits per heavy atom. The fourth-order valence-electron chi connectivity index (χ4n) is 2.53. The fraction of sp³-hybridized carbons (Fsp3) is 0.353. The van der Waals surface area contributed by atoms with Gasteiger partial charge in [-0.15, -0.1) is 0 Å². The molecular formula is C17H22N2O4. The topological polar surface area (TPSA) is 74.9 Å². The van der Waals surface area contributed by atoms with Crippen molar-refractivity contribution in [2.45, 2.75) is 19.7 Å². The third-order valence-corrected chi connectivity index (χ3v) is 3.63. The Balaban J connectivity index is 2.59. The van der Waals surface area contributed by atoms with Gasteiger partial charge in [0.1, 0.15) is 5.75 Å². The van der Waals surface area contributed by atoms with Gasteiger partial charge in [0.2, 0.25) is 5.43 Å². The number of benzene rings is 1. The summed E-state index contributed by atoms with van der Waals surface area (Å²) in [6.07, 6.45) is 0. The van der Waals surface area contributed by atoms with Gasteiger partial charge in [-0.1, -0.05) is 18.2 Å². The Labute approximate surface area is 135 Å². The average molecular weight is 318 g/mol. The second kappa shape index (κ2) is 7.30. The van der Waals surface area contributed by atoms with Crippen LogP contribution in [0.4, 0.5) is 0 Å². The van der Waals surface area contributed by atoms with Crippen molar-refractivity contribution in [1.82, 2.24) is 9.47 Å². The van der Waals surface area contributed by atoms with Crippen molar-refractivity contribution in [2.75, 3.05) is 21.2 Å². The van der Waals surface area contributed by atoms with E-state index < -0.39 is 5.43 Å². The van der Waals surface area contributed by atoms with Gasteiger partial charge in [0, 0.05) is 23.9 Å². The molecule has 23 heavy (non-hydrogen) atoms. The van der Waals surface area contributed by atoms with Crippen molar-refractivity contribution in [2.24, 2.45) is 0 Å². The molecule has 0 spiro atoms. The van der Waals surface area contributed by atoms with E-state index in [9.17, 15) is 15.0 Å². The van der Waals surface area contributed by atoms with Crippen molar-refractivity contribution < 1.29 is 14.9 Å². The molecule has 124 valence electrons. The van der Waals surface area contributed by atoms with Crippen molar-refractivity contribution >= 4 is 0 Å². The number of methoxy groups -OCH3 is 1. The summed E-state index contributed by atoms with van der Waals surface area (Å²) in [6, 6.07) is 8.80. The molecule has 1 aromatic heterocycles. The number of aromatic nitrogens is 1. The lowest BCUT2D eigenvalue weighted by Crippen LogP contribution is -2.23. The van der Waals surface area contributed by atoms with E-state index in [1.54, 1.807) is 11.7 Å². The molecule has 0 aliphatic carbocycles. The van der Waals surface area contributed by atoms with Crippen LogP contribution in [-0.2, 0) is 19.7 Å². The predicted molar refractivity (Wildman–Crippen MR) is 87.8 cm³/mol. The summed E-state index contributed by atoms with van der Waals surface area (Å²) < 4.78 is 7.11. The number of rotatable bonds is 6. The molecule has 0 aliphatic rings.